The number of amides is 1. The van der Waals surface area contributed by atoms with Gasteiger partial charge in [-0.25, -0.2) is 0 Å². The zero-order valence-corrected chi connectivity index (χ0v) is 29.5. The van der Waals surface area contributed by atoms with Gasteiger partial charge < -0.3 is 15.5 Å². The minimum atomic E-state index is -4.43. The lowest BCUT2D eigenvalue weighted by atomic mass is 10.0. The molecule has 0 rings (SSSR count). The molecule has 0 fully saturated rings. The summed E-state index contributed by atoms with van der Waals surface area (Å²) in [6.07, 6.45) is 32.8. The third-order valence-corrected chi connectivity index (χ3v) is 9.35. The van der Waals surface area contributed by atoms with Crippen LogP contribution >= 0.6 is 0 Å². The van der Waals surface area contributed by atoms with Gasteiger partial charge in [0.1, 0.15) is 6.10 Å². The van der Waals surface area contributed by atoms with Crippen molar-refractivity contribution in [1.82, 2.24) is 5.32 Å². The molecule has 0 aliphatic carbocycles. The molecule has 0 bridgehead atoms. The van der Waals surface area contributed by atoms with E-state index >= 15 is 0 Å². The summed E-state index contributed by atoms with van der Waals surface area (Å²) in [5, 5.41) is 23.2. The third kappa shape index (κ3) is 29.7. The smallest absolute Gasteiger partial charge is 0.267 e. The van der Waals surface area contributed by atoms with Gasteiger partial charge in [0.25, 0.3) is 10.1 Å². The summed E-state index contributed by atoms with van der Waals surface area (Å²) in [5.74, 6) is -1.53. The number of aliphatic hydroxyl groups excluding tert-OH is 2. The molecule has 7 nitrogen and oxygen atoms in total. The van der Waals surface area contributed by atoms with Crippen molar-refractivity contribution in [2.24, 2.45) is 0 Å². The average Bonchev–Trinajstić information content (AvgIpc) is 2.98. The van der Waals surface area contributed by atoms with Gasteiger partial charge in [-0.15, -0.1) is 0 Å². The highest BCUT2D eigenvalue weighted by Gasteiger charge is 2.27. The van der Waals surface area contributed by atoms with Crippen LogP contribution in [0, 0.1) is 0 Å². The van der Waals surface area contributed by atoms with Crippen molar-refractivity contribution in [3.63, 3.8) is 0 Å². The fraction of sp³-hybridized carbons (Fsp3) is 0.917. The van der Waals surface area contributed by atoms with Gasteiger partial charge in [0.15, 0.2) is 0 Å². The molecule has 0 saturated heterocycles. The Hall–Kier alpha value is -0.960. The minimum Gasteiger partial charge on any atom is -0.387 e. The Morgan fingerprint density at radius 2 is 0.977 bits per heavy atom. The van der Waals surface area contributed by atoms with Gasteiger partial charge in [-0.3, -0.25) is 9.35 Å². The lowest BCUT2D eigenvalue weighted by Crippen LogP contribution is -2.50. The molecule has 1 amide bonds. The number of aliphatic hydroxyl groups is 2. The van der Waals surface area contributed by atoms with Crippen LogP contribution in [0.2, 0.25) is 0 Å². The number of carbonyl (C=O) groups is 1. The molecule has 0 spiro atoms. The van der Waals surface area contributed by atoms with Crippen LogP contribution in [0.4, 0.5) is 0 Å². The van der Waals surface area contributed by atoms with Crippen LogP contribution in [0.3, 0.4) is 0 Å². The average molecular weight is 646 g/mol. The Bertz CT molecular complexity index is 773. The maximum atomic E-state index is 12.5. The van der Waals surface area contributed by atoms with E-state index in [2.05, 4.69) is 19.2 Å². The van der Waals surface area contributed by atoms with Crippen molar-refractivity contribution < 1.29 is 28.0 Å². The van der Waals surface area contributed by atoms with Crippen LogP contribution in [0.1, 0.15) is 187 Å². The second kappa shape index (κ2) is 30.7. The number of nitrogens with one attached hydrogen (secondary N) is 1. The normalized spacial score (nSPS) is 14.2. The van der Waals surface area contributed by atoms with E-state index in [1.54, 1.807) is 6.08 Å². The monoisotopic (exact) mass is 646 g/mol. The third-order valence-electron chi connectivity index (χ3n) is 8.57. The maximum Gasteiger partial charge on any atom is 0.267 e. The molecule has 0 heterocycles. The zero-order valence-electron chi connectivity index (χ0n) is 28.7. The van der Waals surface area contributed by atoms with Gasteiger partial charge in [-0.2, -0.15) is 8.42 Å². The lowest BCUT2D eigenvalue weighted by Gasteiger charge is -2.22. The van der Waals surface area contributed by atoms with Crippen molar-refractivity contribution in [2.75, 3.05) is 5.75 Å². The van der Waals surface area contributed by atoms with E-state index in [4.69, 9.17) is 0 Å². The summed E-state index contributed by atoms with van der Waals surface area (Å²) in [4.78, 5) is 12.5. The highest BCUT2D eigenvalue weighted by molar-refractivity contribution is 7.85. The van der Waals surface area contributed by atoms with Gasteiger partial charge in [0, 0.05) is 0 Å². The van der Waals surface area contributed by atoms with Crippen molar-refractivity contribution in [1.29, 1.82) is 0 Å². The molecule has 0 aromatic rings. The molecule has 0 aromatic heterocycles. The summed E-state index contributed by atoms with van der Waals surface area (Å²) >= 11 is 0. The minimum absolute atomic E-state index is 0.283. The molecule has 0 aromatic carbocycles. The van der Waals surface area contributed by atoms with E-state index in [1.165, 1.54) is 128 Å². The molecule has 3 atom stereocenters. The highest BCUT2D eigenvalue weighted by atomic mass is 32.2. The first-order valence-electron chi connectivity index (χ1n) is 18.5. The molecule has 0 aliphatic rings. The topological polar surface area (TPSA) is 124 Å². The molecular weight excluding hydrogens is 574 g/mol. The predicted molar refractivity (Wildman–Crippen MR) is 186 cm³/mol. The van der Waals surface area contributed by atoms with Gasteiger partial charge in [0.05, 0.1) is 17.9 Å². The van der Waals surface area contributed by atoms with Gasteiger partial charge in [-0.05, 0) is 19.3 Å². The molecule has 0 radical (unpaired) electrons. The maximum absolute atomic E-state index is 12.5. The second-order valence-corrected chi connectivity index (χ2v) is 14.5. The summed E-state index contributed by atoms with van der Waals surface area (Å²) in [7, 11) is -4.43. The van der Waals surface area contributed by atoms with E-state index < -0.39 is 40.0 Å². The number of allylic oxidation sites excluding steroid dienone is 1. The van der Waals surface area contributed by atoms with Crippen LogP contribution in [0.25, 0.3) is 0 Å². The summed E-state index contributed by atoms with van der Waals surface area (Å²) in [6.45, 7) is 4.46. The summed E-state index contributed by atoms with van der Waals surface area (Å²) < 4.78 is 32.3. The Labute approximate surface area is 272 Å². The number of rotatable bonds is 33. The molecular formula is C36H71NO6S. The molecule has 4 N–H and O–H groups in total. The van der Waals surface area contributed by atoms with Crippen LogP contribution in [0.5, 0.6) is 0 Å². The van der Waals surface area contributed by atoms with Crippen molar-refractivity contribution in [2.45, 2.75) is 205 Å². The molecule has 262 valence electrons. The Kier molecular flexibility index (Phi) is 30.0. The zero-order chi connectivity index (χ0) is 32.7. The van der Waals surface area contributed by atoms with Gasteiger partial charge >= 0.3 is 0 Å². The SMILES string of the molecule is CCCCCCCCCCCCCCCCCC/C=C/C(O)C(CS(=O)(=O)O)NC(=O)C(O)CCCCCCCCCCC. The van der Waals surface area contributed by atoms with E-state index in [-0.39, 0.29) is 6.42 Å². The predicted octanol–water partition coefficient (Wildman–Crippen LogP) is 9.21. The van der Waals surface area contributed by atoms with Crippen molar-refractivity contribution >= 4 is 16.0 Å². The first kappa shape index (κ1) is 43.0. The van der Waals surface area contributed by atoms with E-state index in [0.29, 0.717) is 6.42 Å². The Morgan fingerprint density at radius 1 is 0.614 bits per heavy atom. The van der Waals surface area contributed by atoms with Gasteiger partial charge in [0.2, 0.25) is 5.91 Å². The van der Waals surface area contributed by atoms with E-state index in [0.717, 1.165) is 38.5 Å². The number of unbranched alkanes of at least 4 members (excludes halogenated alkanes) is 24. The number of hydrogen-bond donors (Lipinski definition) is 4. The lowest BCUT2D eigenvalue weighted by molar-refractivity contribution is -0.130. The van der Waals surface area contributed by atoms with Gasteiger partial charge in [-0.1, -0.05) is 180 Å². The first-order chi connectivity index (χ1) is 21.2. The standard InChI is InChI=1S/C36H71NO6S/c1-3-5-7-9-11-13-14-15-16-17-18-19-20-21-23-24-26-28-30-34(38)33(32-44(41,42)43)37-36(40)35(39)31-29-27-25-22-12-10-8-6-4-2/h28,30,33-35,38-39H,3-27,29,31-32H2,1-2H3,(H,37,40)(H,41,42,43)/b30-28+. The number of hydrogen-bond acceptors (Lipinski definition) is 5. The second-order valence-electron chi connectivity index (χ2n) is 13.0. The summed E-state index contributed by atoms with van der Waals surface area (Å²) in [5.41, 5.74) is 0. The largest absolute Gasteiger partial charge is 0.387 e. The highest BCUT2D eigenvalue weighted by Crippen LogP contribution is 2.15. The number of carbonyl (C=O) groups excluding carboxylic acids is 1. The molecule has 8 heteroatoms. The molecule has 3 unspecified atom stereocenters. The fourth-order valence-electron chi connectivity index (χ4n) is 5.69. The van der Waals surface area contributed by atoms with Crippen LogP contribution < -0.4 is 5.32 Å². The first-order valence-corrected chi connectivity index (χ1v) is 20.1. The van der Waals surface area contributed by atoms with Crippen molar-refractivity contribution in [3.8, 4) is 0 Å². The Balaban J connectivity index is 4.05. The van der Waals surface area contributed by atoms with Crippen LogP contribution in [-0.4, -0.2) is 53.1 Å². The van der Waals surface area contributed by atoms with Crippen LogP contribution in [0.15, 0.2) is 12.2 Å². The molecule has 0 aliphatic heterocycles. The van der Waals surface area contributed by atoms with Crippen molar-refractivity contribution in [3.05, 3.63) is 12.2 Å². The van der Waals surface area contributed by atoms with E-state index in [9.17, 15) is 28.0 Å². The Morgan fingerprint density at radius 3 is 1.36 bits per heavy atom. The molecule has 44 heavy (non-hydrogen) atoms. The fourth-order valence-corrected chi connectivity index (χ4v) is 6.43. The summed E-state index contributed by atoms with van der Waals surface area (Å²) in [6, 6.07) is -1.22. The molecule has 0 saturated carbocycles. The quantitative estimate of drug-likeness (QED) is 0.0320. The van der Waals surface area contributed by atoms with Crippen LogP contribution in [-0.2, 0) is 14.9 Å². The van der Waals surface area contributed by atoms with E-state index in [1.807, 2.05) is 0 Å².